The molecule has 0 aliphatic heterocycles. The summed E-state index contributed by atoms with van der Waals surface area (Å²) in [5.41, 5.74) is 4.76. The molecule has 0 aliphatic rings. The molecule has 32 heavy (non-hydrogen) atoms. The first kappa shape index (κ1) is 21.1. The van der Waals surface area contributed by atoms with Gasteiger partial charge in [0, 0.05) is 11.6 Å². The van der Waals surface area contributed by atoms with E-state index in [-0.39, 0.29) is 11.6 Å². The normalized spacial score (nSPS) is 11.2. The predicted molar refractivity (Wildman–Crippen MR) is 124 cm³/mol. The maximum atomic E-state index is 14.8. The van der Waals surface area contributed by atoms with Gasteiger partial charge in [-0.2, -0.15) is 4.98 Å². The van der Waals surface area contributed by atoms with E-state index in [2.05, 4.69) is 16.5 Å². The fourth-order valence-electron chi connectivity index (χ4n) is 3.44. The zero-order chi connectivity index (χ0) is 22.8. The van der Waals surface area contributed by atoms with Crippen molar-refractivity contribution in [1.29, 1.82) is 0 Å². The standard InChI is InChI=1S/C26H21FN2O3/c1-4-5-15(2)17-7-9-18(10-8-17)21-13-23-24(14-22(21)27)29-26(28-23)32-19-11-6-16(3)20(12-19)25(30)31/h4-14H,2H2,1,3H3,(H,28,29)(H,30,31). The second-order valence-electron chi connectivity index (χ2n) is 7.38. The SMILES string of the molecule is C=C(C=CC)c1ccc(-c2cc3nc(Oc4ccc(C)c(C(=O)O)c4)[nH]c3cc2F)cc1. The van der Waals surface area contributed by atoms with Gasteiger partial charge in [-0.3, -0.25) is 0 Å². The number of aromatic nitrogens is 2. The molecule has 0 unspecified atom stereocenters. The van der Waals surface area contributed by atoms with Gasteiger partial charge in [-0.05, 0) is 54.3 Å². The van der Waals surface area contributed by atoms with Gasteiger partial charge in [-0.25, -0.2) is 9.18 Å². The highest BCUT2D eigenvalue weighted by Crippen LogP contribution is 2.30. The second kappa shape index (κ2) is 8.51. The number of carbonyl (C=O) groups is 1. The van der Waals surface area contributed by atoms with Crippen LogP contribution in [0.25, 0.3) is 27.7 Å². The maximum absolute atomic E-state index is 14.8. The molecule has 6 heteroatoms. The molecule has 2 N–H and O–H groups in total. The topological polar surface area (TPSA) is 75.2 Å². The number of allylic oxidation sites excluding steroid dienone is 3. The molecule has 160 valence electrons. The van der Waals surface area contributed by atoms with Gasteiger partial charge in [0.05, 0.1) is 16.6 Å². The number of rotatable bonds is 6. The van der Waals surface area contributed by atoms with Crippen LogP contribution in [0.15, 0.2) is 73.3 Å². The van der Waals surface area contributed by atoms with Crippen LogP contribution in [0.4, 0.5) is 4.39 Å². The zero-order valence-electron chi connectivity index (χ0n) is 17.6. The third kappa shape index (κ3) is 4.16. The van der Waals surface area contributed by atoms with E-state index < -0.39 is 11.8 Å². The Morgan fingerprint density at radius 3 is 2.59 bits per heavy atom. The number of hydrogen-bond acceptors (Lipinski definition) is 3. The van der Waals surface area contributed by atoms with Crippen LogP contribution in [-0.2, 0) is 0 Å². The van der Waals surface area contributed by atoms with Crippen LogP contribution in [-0.4, -0.2) is 21.0 Å². The van der Waals surface area contributed by atoms with Gasteiger partial charge in [-0.15, -0.1) is 0 Å². The Morgan fingerprint density at radius 2 is 1.91 bits per heavy atom. The number of imidazole rings is 1. The molecule has 4 rings (SSSR count). The van der Waals surface area contributed by atoms with Crippen molar-refractivity contribution in [3.05, 3.63) is 95.8 Å². The first-order chi connectivity index (χ1) is 15.4. The van der Waals surface area contributed by atoms with Crippen molar-refractivity contribution in [2.75, 3.05) is 0 Å². The highest BCUT2D eigenvalue weighted by atomic mass is 19.1. The zero-order valence-corrected chi connectivity index (χ0v) is 17.6. The number of fused-ring (bicyclic) bond motifs is 1. The molecule has 0 saturated heterocycles. The molecule has 0 amide bonds. The number of aryl methyl sites for hydroxylation is 1. The Hall–Kier alpha value is -4.19. The molecule has 0 atom stereocenters. The number of benzene rings is 3. The number of hydrogen-bond donors (Lipinski definition) is 2. The summed E-state index contributed by atoms with van der Waals surface area (Å²) in [5.74, 6) is -1.11. The number of H-pyrrole nitrogens is 1. The minimum absolute atomic E-state index is 0.146. The van der Waals surface area contributed by atoms with Gasteiger partial charge < -0.3 is 14.8 Å². The van der Waals surface area contributed by atoms with Gasteiger partial charge in [0.15, 0.2) is 0 Å². The van der Waals surface area contributed by atoms with Gasteiger partial charge >= 0.3 is 5.97 Å². The van der Waals surface area contributed by atoms with Crippen molar-refractivity contribution >= 4 is 22.6 Å². The molecule has 0 radical (unpaired) electrons. The second-order valence-corrected chi connectivity index (χ2v) is 7.38. The lowest BCUT2D eigenvalue weighted by atomic mass is 10.00. The van der Waals surface area contributed by atoms with E-state index in [0.29, 0.717) is 27.9 Å². The van der Waals surface area contributed by atoms with Crippen LogP contribution in [0.5, 0.6) is 11.8 Å². The number of carboxylic acids is 1. The van der Waals surface area contributed by atoms with Gasteiger partial charge in [-0.1, -0.05) is 49.1 Å². The average Bonchev–Trinajstić information content (AvgIpc) is 3.15. The minimum atomic E-state index is -1.04. The molecule has 0 aliphatic carbocycles. The number of nitrogens with one attached hydrogen (secondary N) is 1. The molecular formula is C26H21FN2O3. The third-order valence-corrected chi connectivity index (χ3v) is 5.14. The van der Waals surface area contributed by atoms with E-state index in [4.69, 9.17) is 4.74 Å². The van der Waals surface area contributed by atoms with Gasteiger partial charge in [0.1, 0.15) is 11.6 Å². The van der Waals surface area contributed by atoms with Crippen LogP contribution in [0.1, 0.15) is 28.4 Å². The van der Waals surface area contributed by atoms with Crippen LogP contribution >= 0.6 is 0 Å². The highest BCUT2D eigenvalue weighted by molar-refractivity contribution is 5.90. The lowest BCUT2D eigenvalue weighted by molar-refractivity contribution is 0.0695. The Bertz CT molecular complexity index is 1370. The first-order valence-electron chi connectivity index (χ1n) is 9.99. The Labute approximate surface area is 184 Å². The number of halogens is 1. The van der Waals surface area contributed by atoms with Crippen LogP contribution < -0.4 is 4.74 Å². The van der Waals surface area contributed by atoms with Crippen LogP contribution in [0, 0.1) is 12.7 Å². The smallest absolute Gasteiger partial charge is 0.336 e. The molecule has 3 aromatic carbocycles. The van der Waals surface area contributed by atoms with Crippen molar-refractivity contribution in [3.8, 4) is 22.9 Å². The lowest BCUT2D eigenvalue weighted by Gasteiger charge is -2.06. The van der Waals surface area contributed by atoms with Crippen molar-refractivity contribution in [2.24, 2.45) is 0 Å². The van der Waals surface area contributed by atoms with E-state index in [1.807, 2.05) is 43.3 Å². The fourth-order valence-corrected chi connectivity index (χ4v) is 3.44. The molecule has 1 aromatic heterocycles. The predicted octanol–water partition coefficient (Wildman–Crippen LogP) is 6.76. The van der Waals surface area contributed by atoms with E-state index in [0.717, 1.165) is 16.7 Å². The van der Waals surface area contributed by atoms with E-state index in [1.165, 1.54) is 12.1 Å². The van der Waals surface area contributed by atoms with Gasteiger partial charge in [0.25, 0.3) is 6.01 Å². The maximum Gasteiger partial charge on any atom is 0.336 e. The van der Waals surface area contributed by atoms with Crippen molar-refractivity contribution < 1.29 is 19.0 Å². The number of aromatic amines is 1. The van der Waals surface area contributed by atoms with E-state index in [1.54, 1.807) is 25.1 Å². The first-order valence-corrected chi connectivity index (χ1v) is 9.99. The largest absolute Gasteiger partial charge is 0.478 e. The minimum Gasteiger partial charge on any atom is -0.478 e. The Morgan fingerprint density at radius 1 is 1.16 bits per heavy atom. The molecular weight excluding hydrogens is 407 g/mol. The molecule has 0 saturated carbocycles. The summed E-state index contributed by atoms with van der Waals surface area (Å²) >= 11 is 0. The van der Waals surface area contributed by atoms with Crippen molar-refractivity contribution in [3.63, 3.8) is 0 Å². The molecule has 0 spiro atoms. The van der Waals surface area contributed by atoms with Crippen molar-refractivity contribution in [2.45, 2.75) is 13.8 Å². The summed E-state index contributed by atoms with van der Waals surface area (Å²) in [7, 11) is 0. The number of nitrogens with zero attached hydrogens (tertiary/aromatic N) is 1. The summed E-state index contributed by atoms with van der Waals surface area (Å²) in [5, 5.41) is 9.29. The van der Waals surface area contributed by atoms with E-state index >= 15 is 0 Å². The van der Waals surface area contributed by atoms with E-state index in [9.17, 15) is 14.3 Å². The fraction of sp³-hybridized carbons (Fsp3) is 0.0769. The summed E-state index contributed by atoms with van der Waals surface area (Å²) in [6.07, 6.45) is 3.83. The Kier molecular flexibility index (Phi) is 5.60. The molecule has 0 bridgehead atoms. The highest BCUT2D eigenvalue weighted by Gasteiger charge is 2.14. The number of ether oxygens (including phenoxy) is 1. The quantitative estimate of drug-likeness (QED) is 0.333. The van der Waals surface area contributed by atoms with Crippen molar-refractivity contribution in [1.82, 2.24) is 9.97 Å². The van der Waals surface area contributed by atoms with Gasteiger partial charge in [0.2, 0.25) is 0 Å². The Balaban J connectivity index is 1.64. The number of aromatic carboxylic acids is 1. The lowest BCUT2D eigenvalue weighted by Crippen LogP contribution is -2.00. The summed E-state index contributed by atoms with van der Waals surface area (Å²) in [6, 6.07) is 15.4. The molecule has 0 fully saturated rings. The molecule has 4 aromatic rings. The molecule has 1 heterocycles. The molecule has 5 nitrogen and oxygen atoms in total. The summed E-state index contributed by atoms with van der Waals surface area (Å²) in [4.78, 5) is 18.7. The average molecular weight is 428 g/mol. The third-order valence-electron chi connectivity index (χ3n) is 5.14. The van der Waals surface area contributed by atoms with Crippen LogP contribution in [0.3, 0.4) is 0 Å². The van der Waals surface area contributed by atoms with Crippen LogP contribution in [0.2, 0.25) is 0 Å². The summed E-state index contributed by atoms with van der Waals surface area (Å²) < 4.78 is 20.5. The number of carboxylic acid groups (broad SMARTS) is 1. The summed E-state index contributed by atoms with van der Waals surface area (Å²) in [6.45, 7) is 7.65. The monoisotopic (exact) mass is 428 g/mol.